The van der Waals surface area contributed by atoms with Crippen LogP contribution in [0.3, 0.4) is 0 Å². The van der Waals surface area contributed by atoms with Gasteiger partial charge in [0.1, 0.15) is 0 Å². The van der Waals surface area contributed by atoms with Gasteiger partial charge in [0, 0.05) is 24.2 Å². The van der Waals surface area contributed by atoms with Crippen LogP contribution in [0.1, 0.15) is 24.4 Å². The van der Waals surface area contributed by atoms with Crippen LogP contribution in [-0.4, -0.2) is 9.97 Å². The summed E-state index contributed by atoms with van der Waals surface area (Å²) in [5.74, 6) is 0. The number of thiazole rings is 1. The summed E-state index contributed by atoms with van der Waals surface area (Å²) in [6.07, 6.45) is 1.66. The second kappa shape index (κ2) is 5.39. The molecule has 0 fully saturated rings. The van der Waals surface area contributed by atoms with Crippen LogP contribution in [0.5, 0.6) is 0 Å². The maximum Gasteiger partial charge on any atom is 0.0795 e. The molecule has 0 aromatic carbocycles. The smallest absolute Gasteiger partial charge is 0.0795 e. The van der Waals surface area contributed by atoms with E-state index in [0.717, 1.165) is 17.9 Å². The van der Waals surface area contributed by atoms with Crippen molar-refractivity contribution in [2.75, 3.05) is 0 Å². The van der Waals surface area contributed by atoms with Gasteiger partial charge in [0.2, 0.25) is 0 Å². The Morgan fingerprint density at radius 2 is 2.31 bits per heavy atom. The summed E-state index contributed by atoms with van der Waals surface area (Å²) in [6.45, 7) is 2.81. The fourth-order valence-electron chi connectivity index (χ4n) is 1.31. The molecule has 0 saturated carbocycles. The first-order valence-corrected chi connectivity index (χ1v) is 6.29. The number of nitrogens with zero attached hydrogens (tertiary/aromatic N) is 2. The van der Waals surface area contributed by atoms with E-state index in [4.69, 9.17) is 11.6 Å². The van der Waals surface area contributed by atoms with Crippen LogP contribution in [0.2, 0.25) is 5.02 Å². The predicted octanol–water partition coefficient (Wildman–Crippen LogP) is 3.04. The van der Waals surface area contributed by atoms with Gasteiger partial charge < -0.3 is 5.32 Å². The third-order valence-electron chi connectivity index (χ3n) is 2.27. The van der Waals surface area contributed by atoms with E-state index >= 15 is 0 Å². The van der Waals surface area contributed by atoms with Crippen LogP contribution >= 0.6 is 22.9 Å². The van der Waals surface area contributed by atoms with E-state index in [1.54, 1.807) is 17.5 Å². The van der Waals surface area contributed by atoms with E-state index in [2.05, 4.69) is 22.2 Å². The molecule has 0 bridgehead atoms. The summed E-state index contributed by atoms with van der Waals surface area (Å²) in [5.41, 5.74) is 3.89. The van der Waals surface area contributed by atoms with Crippen molar-refractivity contribution in [3.63, 3.8) is 0 Å². The summed E-state index contributed by atoms with van der Waals surface area (Å²) in [7, 11) is 0. The highest BCUT2D eigenvalue weighted by molar-refractivity contribution is 7.07. The lowest BCUT2D eigenvalue weighted by molar-refractivity contribution is 0.558. The molecule has 2 rings (SSSR count). The largest absolute Gasteiger partial charge is 0.303 e. The SMILES string of the molecule is CC(NCc1ccc(Cl)cn1)c1cscn1. The Kier molecular flexibility index (Phi) is 3.88. The lowest BCUT2D eigenvalue weighted by Gasteiger charge is -2.10. The van der Waals surface area contributed by atoms with E-state index in [1.165, 1.54) is 0 Å². The molecular weight excluding hydrogens is 242 g/mol. The number of pyridine rings is 1. The Morgan fingerprint density at radius 3 is 2.94 bits per heavy atom. The van der Waals surface area contributed by atoms with Crippen LogP contribution in [0, 0.1) is 0 Å². The van der Waals surface area contributed by atoms with Gasteiger partial charge in [0.15, 0.2) is 0 Å². The summed E-state index contributed by atoms with van der Waals surface area (Å²) in [4.78, 5) is 8.48. The maximum atomic E-state index is 5.76. The van der Waals surface area contributed by atoms with E-state index in [-0.39, 0.29) is 6.04 Å². The molecule has 2 aromatic rings. The molecule has 16 heavy (non-hydrogen) atoms. The molecule has 5 heteroatoms. The first-order chi connectivity index (χ1) is 7.75. The van der Waals surface area contributed by atoms with Crippen molar-refractivity contribution in [2.45, 2.75) is 19.5 Å². The van der Waals surface area contributed by atoms with Gasteiger partial charge in [-0.05, 0) is 19.1 Å². The number of nitrogens with one attached hydrogen (secondary N) is 1. The highest BCUT2D eigenvalue weighted by Crippen LogP contribution is 2.12. The summed E-state index contributed by atoms with van der Waals surface area (Å²) in [6, 6.07) is 4.01. The van der Waals surface area contributed by atoms with Crippen molar-refractivity contribution >= 4 is 22.9 Å². The first kappa shape index (κ1) is 11.5. The first-order valence-electron chi connectivity index (χ1n) is 4.97. The van der Waals surface area contributed by atoms with Crippen molar-refractivity contribution in [1.82, 2.24) is 15.3 Å². The van der Waals surface area contributed by atoms with Gasteiger partial charge in [-0.2, -0.15) is 0 Å². The molecule has 1 unspecified atom stereocenters. The predicted molar refractivity (Wildman–Crippen MR) is 66.6 cm³/mol. The Bertz CT molecular complexity index is 427. The average Bonchev–Trinajstić information content (AvgIpc) is 2.81. The summed E-state index contributed by atoms with van der Waals surface area (Å²) < 4.78 is 0. The van der Waals surface area contributed by atoms with Crippen LogP contribution in [0.15, 0.2) is 29.2 Å². The van der Waals surface area contributed by atoms with Crippen molar-refractivity contribution in [2.24, 2.45) is 0 Å². The quantitative estimate of drug-likeness (QED) is 0.910. The van der Waals surface area contributed by atoms with Gasteiger partial charge in [-0.1, -0.05) is 11.6 Å². The van der Waals surface area contributed by atoms with Crippen LogP contribution in [0.4, 0.5) is 0 Å². The molecule has 84 valence electrons. The lowest BCUT2D eigenvalue weighted by Crippen LogP contribution is -2.18. The molecule has 0 radical (unpaired) electrons. The number of hydrogen-bond acceptors (Lipinski definition) is 4. The summed E-state index contributed by atoms with van der Waals surface area (Å²) >= 11 is 7.37. The molecule has 0 saturated heterocycles. The van der Waals surface area contributed by atoms with Crippen LogP contribution in [0.25, 0.3) is 0 Å². The lowest BCUT2D eigenvalue weighted by atomic mass is 10.2. The van der Waals surface area contributed by atoms with Crippen molar-refractivity contribution in [3.05, 3.63) is 45.6 Å². The van der Waals surface area contributed by atoms with Gasteiger partial charge in [-0.25, -0.2) is 4.98 Å². The molecule has 0 spiro atoms. The molecule has 2 aromatic heterocycles. The fraction of sp³-hybridized carbons (Fsp3) is 0.273. The second-order valence-corrected chi connectivity index (χ2v) is 4.64. The Morgan fingerprint density at radius 1 is 1.44 bits per heavy atom. The standard InChI is InChI=1S/C11H12ClN3S/c1-8(11-6-16-7-15-11)13-5-10-3-2-9(12)4-14-10/h2-4,6-8,13H,5H2,1H3. The molecule has 2 heterocycles. The summed E-state index contributed by atoms with van der Waals surface area (Å²) in [5, 5.41) is 6.07. The zero-order valence-electron chi connectivity index (χ0n) is 8.85. The van der Waals surface area contributed by atoms with Crippen molar-refractivity contribution in [3.8, 4) is 0 Å². The van der Waals surface area contributed by atoms with Gasteiger partial charge in [0.25, 0.3) is 0 Å². The zero-order chi connectivity index (χ0) is 11.4. The monoisotopic (exact) mass is 253 g/mol. The molecule has 0 amide bonds. The fourth-order valence-corrected chi connectivity index (χ4v) is 2.07. The average molecular weight is 254 g/mol. The van der Waals surface area contributed by atoms with Crippen molar-refractivity contribution in [1.29, 1.82) is 0 Å². The van der Waals surface area contributed by atoms with Gasteiger partial charge in [0.05, 0.1) is 21.9 Å². The van der Waals surface area contributed by atoms with Gasteiger partial charge in [-0.3, -0.25) is 4.98 Å². The maximum absolute atomic E-state index is 5.76. The Balaban J connectivity index is 1.90. The van der Waals surface area contributed by atoms with Crippen LogP contribution in [-0.2, 0) is 6.54 Å². The molecule has 3 nitrogen and oxygen atoms in total. The van der Waals surface area contributed by atoms with E-state index in [1.807, 2.05) is 23.0 Å². The van der Waals surface area contributed by atoms with E-state index < -0.39 is 0 Å². The highest BCUT2D eigenvalue weighted by atomic mass is 35.5. The van der Waals surface area contributed by atoms with Crippen LogP contribution < -0.4 is 5.32 Å². The van der Waals surface area contributed by atoms with E-state index in [0.29, 0.717) is 5.02 Å². The topological polar surface area (TPSA) is 37.8 Å². The minimum Gasteiger partial charge on any atom is -0.303 e. The molecule has 0 aliphatic carbocycles. The number of rotatable bonds is 4. The second-order valence-electron chi connectivity index (χ2n) is 3.48. The zero-order valence-corrected chi connectivity index (χ0v) is 10.4. The third-order valence-corrected chi connectivity index (χ3v) is 3.10. The minimum absolute atomic E-state index is 0.240. The Hall–Kier alpha value is -0.970. The molecule has 0 aliphatic heterocycles. The highest BCUT2D eigenvalue weighted by Gasteiger charge is 2.06. The number of hydrogen-bond donors (Lipinski definition) is 1. The molecule has 1 atom stereocenters. The Labute approximate surface area is 104 Å². The van der Waals surface area contributed by atoms with Gasteiger partial charge in [-0.15, -0.1) is 11.3 Å². The molecule has 1 N–H and O–H groups in total. The number of halogens is 1. The minimum atomic E-state index is 0.240. The van der Waals surface area contributed by atoms with Gasteiger partial charge >= 0.3 is 0 Å². The van der Waals surface area contributed by atoms with E-state index in [9.17, 15) is 0 Å². The number of aromatic nitrogens is 2. The molecule has 0 aliphatic rings. The normalized spacial score (nSPS) is 12.6. The third kappa shape index (κ3) is 3.01. The van der Waals surface area contributed by atoms with Crippen molar-refractivity contribution < 1.29 is 0 Å². The molecular formula is C11H12ClN3S.